The highest BCUT2D eigenvalue weighted by Gasteiger charge is 2.37. The van der Waals surface area contributed by atoms with Crippen LogP contribution in [0.5, 0.6) is 0 Å². The fourth-order valence-corrected chi connectivity index (χ4v) is 2.72. The summed E-state index contributed by atoms with van der Waals surface area (Å²) < 4.78 is 39.8. The van der Waals surface area contributed by atoms with Crippen molar-refractivity contribution in [2.75, 3.05) is 0 Å². The second kappa shape index (κ2) is 5.02. The number of rotatable bonds is 1. The van der Waals surface area contributed by atoms with Crippen molar-refractivity contribution in [1.82, 2.24) is 9.36 Å². The van der Waals surface area contributed by atoms with Crippen LogP contribution in [0.4, 0.5) is 13.2 Å². The van der Waals surface area contributed by atoms with Crippen LogP contribution < -0.4 is 5.56 Å². The van der Waals surface area contributed by atoms with E-state index in [0.717, 1.165) is 9.36 Å². The Kier molecular flexibility index (Phi) is 3.83. The van der Waals surface area contributed by atoms with E-state index in [9.17, 15) is 18.0 Å². The molecule has 0 fully saturated rings. The van der Waals surface area contributed by atoms with Crippen LogP contribution in [0.25, 0.3) is 5.69 Å². The van der Waals surface area contributed by atoms with Crippen LogP contribution in [-0.2, 0) is 13.2 Å². The van der Waals surface area contributed by atoms with Crippen LogP contribution in [0.3, 0.4) is 0 Å². The molecular weight excluding hydrogens is 339 g/mol. The Hall–Kier alpha value is -1.11. The van der Waals surface area contributed by atoms with Crippen LogP contribution in [0, 0.1) is 0 Å². The summed E-state index contributed by atoms with van der Waals surface area (Å²) in [5.74, 6) is 0. The predicted octanol–water partition coefficient (Wildman–Crippen LogP) is 4.16. The smallest absolute Gasteiger partial charge is 0.288 e. The molecule has 0 radical (unpaired) electrons. The van der Waals surface area contributed by atoms with E-state index in [1.165, 1.54) is 19.2 Å². The van der Waals surface area contributed by atoms with Gasteiger partial charge in [0.15, 0.2) is 0 Å². The minimum Gasteiger partial charge on any atom is -0.288 e. The van der Waals surface area contributed by atoms with Crippen molar-refractivity contribution in [1.29, 1.82) is 0 Å². The van der Waals surface area contributed by atoms with Crippen molar-refractivity contribution in [3.05, 3.63) is 49.3 Å². The van der Waals surface area contributed by atoms with Crippen molar-refractivity contribution in [2.24, 2.45) is 7.05 Å². The Bertz CT molecular complexity index is 710. The molecule has 0 saturated heterocycles. The minimum atomic E-state index is -4.76. The van der Waals surface area contributed by atoms with Gasteiger partial charge < -0.3 is 0 Å². The number of halogens is 6. The molecular formula is C11H6Cl3F3N2O. The van der Waals surface area contributed by atoms with E-state index < -0.39 is 17.3 Å². The molecule has 0 atom stereocenters. The molecule has 3 nitrogen and oxygen atoms in total. The number of nitrogens with zero attached hydrogens (tertiary/aromatic N) is 2. The molecule has 1 aromatic carbocycles. The molecule has 0 N–H and O–H groups in total. The van der Waals surface area contributed by atoms with Gasteiger partial charge in [0.05, 0.1) is 10.0 Å². The van der Waals surface area contributed by atoms with Crippen molar-refractivity contribution < 1.29 is 13.2 Å². The summed E-state index contributed by atoms with van der Waals surface area (Å²) in [6.45, 7) is 0. The lowest BCUT2D eigenvalue weighted by atomic mass is 10.3. The maximum absolute atomic E-state index is 12.7. The summed E-state index contributed by atoms with van der Waals surface area (Å²) in [7, 11) is 1.28. The normalized spacial score (nSPS) is 11.9. The van der Waals surface area contributed by atoms with Crippen molar-refractivity contribution in [3.8, 4) is 5.69 Å². The van der Waals surface area contributed by atoms with Gasteiger partial charge in [-0.3, -0.25) is 9.48 Å². The van der Waals surface area contributed by atoms with E-state index in [2.05, 4.69) is 0 Å². The number of hydrogen-bond acceptors (Lipinski definition) is 1. The number of aromatic nitrogens is 2. The van der Waals surface area contributed by atoms with Gasteiger partial charge in [0.1, 0.15) is 11.3 Å². The molecule has 0 bridgehead atoms. The summed E-state index contributed by atoms with van der Waals surface area (Å²) in [6.07, 6.45) is -4.09. The zero-order valence-electron chi connectivity index (χ0n) is 9.80. The summed E-state index contributed by atoms with van der Waals surface area (Å²) in [5, 5.41) is 0.154. The molecule has 0 saturated carbocycles. The summed E-state index contributed by atoms with van der Waals surface area (Å²) >= 11 is 17.6. The van der Waals surface area contributed by atoms with Gasteiger partial charge in [-0.1, -0.05) is 34.8 Å². The van der Waals surface area contributed by atoms with Crippen molar-refractivity contribution in [3.63, 3.8) is 0 Å². The fourth-order valence-electron chi connectivity index (χ4n) is 1.75. The monoisotopic (exact) mass is 344 g/mol. The molecule has 9 heteroatoms. The summed E-state index contributed by atoms with van der Waals surface area (Å²) in [5.41, 5.74) is -2.62. The molecule has 2 aromatic rings. The molecule has 2 rings (SSSR count). The largest absolute Gasteiger partial charge is 0.423 e. The van der Waals surface area contributed by atoms with E-state index >= 15 is 0 Å². The predicted molar refractivity (Wildman–Crippen MR) is 71.0 cm³/mol. The second-order valence-electron chi connectivity index (χ2n) is 3.95. The first-order valence-corrected chi connectivity index (χ1v) is 6.27. The van der Waals surface area contributed by atoms with Crippen LogP contribution in [0.15, 0.2) is 23.1 Å². The van der Waals surface area contributed by atoms with Gasteiger partial charge in [-0.2, -0.15) is 13.2 Å². The first-order chi connectivity index (χ1) is 9.12. The Morgan fingerprint density at radius 3 is 2.00 bits per heavy atom. The Labute approximate surface area is 126 Å². The van der Waals surface area contributed by atoms with Gasteiger partial charge in [0.2, 0.25) is 0 Å². The third-order valence-electron chi connectivity index (χ3n) is 2.55. The van der Waals surface area contributed by atoms with E-state index in [4.69, 9.17) is 34.8 Å². The van der Waals surface area contributed by atoms with Crippen LogP contribution in [0.1, 0.15) is 5.56 Å². The summed E-state index contributed by atoms with van der Waals surface area (Å²) in [6, 6.07) is 2.58. The molecule has 1 heterocycles. The number of benzene rings is 1. The van der Waals surface area contributed by atoms with E-state index in [-0.39, 0.29) is 20.8 Å². The SMILES string of the molecule is Cn1cc(C(F)(F)F)c(=O)n1-c1c(Cl)cc(Cl)cc1Cl. The maximum Gasteiger partial charge on any atom is 0.423 e. The number of alkyl halides is 3. The molecule has 1 aromatic heterocycles. The molecule has 0 aliphatic heterocycles. The van der Waals surface area contributed by atoms with Gasteiger partial charge in [0.25, 0.3) is 5.56 Å². The molecule has 0 amide bonds. The topological polar surface area (TPSA) is 26.9 Å². The zero-order chi connectivity index (χ0) is 15.2. The maximum atomic E-state index is 12.7. The van der Waals surface area contributed by atoms with E-state index in [0.29, 0.717) is 6.20 Å². The molecule has 0 spiro atoms. The Morgan fingerprint density at radius 1 is 1.10 bits per heavy atom. The minimum absolute atomic E-state index is 0.0282. The lowest BCUT2D eigenvalue weighted by Crippen LogP contribution is -2.24. The highest BCUT2D eigenvalue weighted by molar-refractivity contribution is 6.40. The highest BCUT2D eigenvalue weighted by Crippen LogP contribution is 2.33. The van der Waals surface area contributed by atoms with E-state index in [1.54, 1.807) is 0 Å². The van der Waals surface area contributed by atoms with Gasteiger partial charge in [-0.25, -0.2) is 4.68 Å². The van der Waals surface area contributed by atoms with Crippen LogP contribution in [-0.4, -0.2) is 9.36 Å². The second-order valence-corrected chi connectivity index (χ2v) is 5.20. The number of aryl methyl sites for hydroxylation is 1. The molecule has 0 aliphatic carbocycles. The molecule has 20 heavy (non-hydrogen) atoms. The van der Waals surface area contributed by atoms with Crippen LogP contribution in [0.2, 0.25) is 15.1 Å². The Morgan fingerprint density at radius 2 is 1.60 bits per heavy atom. The lowest BCUT2D eigenvalue weighted by molar-refractivity contribution is -0.138. The first kappa shape index (κ1) is 15.3. The van der Waals surface area contributed by atoms with Crippen molar-refractivity contribution in [2.45, 2.75) is 6.18 Å². The molecule has 108 valence electrons. The highest BCUT2D eigenvalue weighted by atomic mass is 35.5. The van der Waals surface area contributed by atoms with Gasteiger partial charge in [-0.05, 0) is 12.1 Å². The van der Waals surface area contributed by atoms with Gasteiger partial charge in [-0.15, -0.1) is 0 Å². The third kappa shape index (κ3) is 2.55. The molecule has 0 aliphatic rings. The van der Waals surface area contributed by atoms with Crippen molar-refractivity contribution >= 4 is 34.8 Å². The lowest BCUT2D eigenvalue weighted by Gasteiger charge is -2.11. The average Bonchev–Trinajstić information content (AvgIpc) is 2.55. The molecule has 0 unspecified atom stereocenters. The Balaban J connectivity index is 2.79. The van der Waals surface area contributed by atoms with Gasteiger partial charge in [0, 0.05) is 18.3 Å². The fraction of sp³-hybridized carbons (Fsp3) is 0.182. The van der Waals surface area contributed by atoms with E-state index in [1.807, 2.05) is 0 Å². The quantitative estimate of drug-likeness (QED) is 0.762. The standard InChI is InChI=1S/C11H6Cl3F3N2O/c1-18-4-6(11(15,16)17)10(20)19(18)9-7(13)2-5(12)3-8(9)14/h2-4H,1H3. The first-order valence-electron chi connectivity index (χ1n) is 5.13. The average molecular weight is 346 g/mol. The number of hydrogen-bond donors (Lipinski definition) is 0. The van der Waals surface area contributed by atoms with Gasteiger partial charge >= 0.3 is 6.18 Å². The summed E-state index contributed by atoms with van der Waals surface area (Å²) in [4.78, 5) is 11.9. The zero-order valence-corrected chi connectivity index (χ0v) is 12.1. The van der Waals surface area contributed by atoms with Crippen LogP contribution >= 0.6 is 34.8 Å². The third-order valence-corrected chi connectivity index (χ3v) is 3.35.